The lowest BCUT2D eigenvalue weighted by molar-refractivity contribution is -0.140. The van der Waals surface area contributed by atoms with Crippen molar-refractivity contribution in [1.82, 2.24) is 4.98 Å². The second kappa shape index (κ2) is 7.79. The number of hydrogen-bond donors (Lipinski definition) is 1. The van der Waals surface area contributed by atoms with Gasteiger partial charge in [-0.1, -0.05) is 29.8 Å². The first-order chi connectivity index (χ1) is 11.5. The van der Waals surface area contributed by atoms with Crippen molar-refractivity contribution in [1.29, 1.82) is 0 Å². The molecular formula is C17H22NO5P. The number of nitrogens with one attached hydrogen (secondary N) is 1. The van der Waals surface area contributed by atoms with E-state index in [1.54, 1.807) is 6.20 Å². The molecule has 0 aliphatic rings. The zero-order valence-corrected chi connectivity index (χ0v) is 15.1. The van der Waals surface area contributed by atoms with E-state index in [9.17, 15) is 9.36 Å². The lowest BCUT2D eigenvalue weighted by Gasteiger charge is -2.29. The van der Waals surface area contributed by atoms with Crippen molar-refractivity contribution in [3.8, 4) is 0 Å². The van der Waals surface area contributed by atoms with Crippen LogP contribution in [0, 0.1) is 6.92 Å². The summed E-state index contributed by atoms with van der Waals surface area (Å²) < 4.78 is 28.2. The molecule has 0 saturated carbocycles. The molecule has 2 unspecified atom stereocenters. The Morgan fingerprint density at radius 1 is 1.08 bits per heavy atom. The van der Waals surface area contributed by atoms with Gasteiger partial charge >= 0.3 is 13.6 Å². The quantitative estimate of drug-likeness (QED) is 0.610. The fourth-order valence-electron chi connectivity index (χ4n) is 2.71. The summed E-state index contributed by atoms with van der Waals surface area (Å²) >= 11 is 0. The molecule has 0 amide bonds. The van der Waals surface area contributed by atoms with E-state index in [4.69, 9.17) is 13.8 Å². The lowest BCUT2D eigenvalue weighted by Crippen LogP contribution is -2.31. The van der Waals surface area contributed by atoms with Gasteiger partial charge in [0.15, 0.2) is 5.66 Å². The minimum atomic E-state index is -3.73. The van der Waals surface area contributed by atoms with Crippen LogP contribution in [0.3, 0.4) is 0 Å². The summed E-state index contributed by atoms with van der Waals surface area (Å²) in [6.07, 6.45) is 1.75. The summed E-state index contributed by atoms with van der Waals surface area (Å²) in [4.78, 5) is 15.6. The van der Waals surface area contributed by atoms with E-state index in [1.807, 2.05) is 43.3 Å². The van der Waals surface area contributed by atoms with E-state index in [2.05, 4.69) is 4.98 Å². The molecule has 0 radical (unpaired) electrons. The highest BCUT2D eigenvalue weighted by molar-refractivity contribution is 7.55. The number of methoxy groups -OCH3 is 1. The van der Waals surface area contributed by atoms with Crippen LogP contribution in [0.4, 0.5) is 0 Å². The van der Waals surface area contributed by atoms with Gasteiger partial charge in [-0.3, -0.25) is 9.36 Å². The average Bonchev–Trinajstić information content (AvgIpc) is 3.13. The number of aromatic nitrogens is 1. The number of esters is 1. The van der Waals surface area contributed by atoms with Crippen LogP contribution < -0.4 is 0 Å². The number of H-pyrrole nitrogens is 1. The normalized spacial score (nSPS) is 14.2. The van der Waals surface area contributed by atoms with Gasteiger partial charge in [0.05, 0.1) is 7.11 Å². The second-order valence-corrected chi connectivity index (χ2v) is 7.75. The Kier molecular flexibility index (Phi) is 5.99. The molecular weight excluding hydrogens is 329 g/mol. The highest BCUT2D eigenvalue weighted by atomic mass is 31.2. The molecule has 0 fully saturated rings. The van der Waals surface area contributed by atoms with Crippen LogP contribution in [0.2, 0.25) is 0 Å². The number of ether oxygens (including phenoxy) is 1. The van der Waals surface area contributed by atoms with Crippen molar-refractivity contribution >= 4 is 13.6 Å². The summed E-state index contributed by atoms with van der Waals surface area (Å²) in [7, 11) is 0.0529. The molecule has 7 heteroatoms. The van der Waals surface area contributed by atoms with E-state index >= 15 is 0 Å². The monoisotopic (exact) mass is 351 g/mol. The van der Waals surface area contributed by atoms with Gasteiger partial charge in [0.1, 0.15) is 0 Å². The lowest BCUT2D eigenvalue weighted by atomic mass is 9.91. The Morgan fingerprint density at radius 2 is 1.71 bits per heavy atom. The summed E-state index contributed by atoms with van der Waals surface area (Å²) in [6, 6.07) is 11.3. The van der Waals surface area contributed by atoms with Gasteiger partial charge in [-0.2, -0.15) is 0 Å². The Hall–Kier alpha value is -1.88. The third kappa shape index (κ3) is 3.61. The Balaban J connectivity index is 2.64. The minimum Gasteiger partial charge on any atom is -0.468 e. The summed E-state index contributed by atoms with van der Waals surface area (Å²) in [6.45, 7) is 1.97. The van der Waals surface area contributed by atoms with Gasteiger partial charge in [-0.15, -0.1) is 0 Å². The first-order valence-electron chi connectivity index (χ1n) is 7.45. The van der Waals surface area contributed by atoms with E-state index in [1.165, 1.54) is 21.3 Å². The third-order valence-corrected chi connectivity index (χ3v) is 6.21. The maximum absolute atomic E-state index is 13.1. The van der Waals surface area contributed by atoms with Crippen molar-refractivity contribution in [2.24, 2.45) is 0 Å². The van der Waals surface area contributed by atoms with Crippen LogP contribution in [0.25, 0.3) is 0 Å². The van der Waals surface area contributed by atoms with E-state index in [-0.39, 0.29) is 0 Å². The molecule has 24 heavy (non-hydrogen) atoms. The number of aryl methyl sites for hydroxylation is 1. The molecule has 0 spiro atoms. The molecule has 2 rings (SSSR count). The summed E-state index contributed by atoms with van der Waals surface area (Å²) in [5, 5.41) is 0. The number of carbonyl (C=O) groups is 1. The van der Waals surface area contributed by atoms with Crippen LogP contribution in [0.15, 0.2) is 42.6 Å². The Morgan fingerprint density at radius 3 is 2.17 bits per heavy atom. The molecule has 6 nitrogen and oxygen atoms in total. The van der Waals surface area contributed by atoms with Gasteiger partial charge in [0, 0.05) is 32.0 Å². The van der Waals surface area contributed by atoms with Gasteiger partial charge in [0.2, 0.25) is 0 Å². The number of rotatable bonds is 7. The fraction of sp³-hybridized carbons (Fsp3) is 0.353. The van der Waals surface area contributed by atoms with Gasteiger partial charge in [0.25, 0.3) is 0 Å². The van der Waals surface area contributed by atoms with Crippen molar-refractivity contribution in [2.45, 2.75) is 18.5 Å². The van der Waals surface area contributed by atoms with E-state index in [0.717, 1.165) is 16.8 Å². The van der Waals surface area contributed by atoms with Crippen LogP contribution in [-0.2, 0) is 23.1 Å². The smallest absolute Gasteiger partial charge is 0.345 e. The van der Waals surface area contributed by atoms with Crippen LogP contribution >= 0.6 is 7.60 Å². The second-order valence-electron chi connectivity index (χ2n) is 5.39. The molecule has 0 aliphatic heterocycles. The van der Waals surface area contributed by atoms with Gasteiger partial charge in [-0.05, 0) is 24.6 Å². The van der Waals surface area contributed by atoms with Crippen LogP contribution in [-0.4, -0.2) is 37.9 Å². The Bertz CT molecular complexity index is 703. The SMILES string of the molecule is COC(=O)C(C(c1ccc(C)cc1)c1ccc[nH]1)P(=O)(OC)OC. The minimum absolute atomic E-state index is 0.557. The predicted octanol–water partition coefficient (Wildman–Crippen LogP) is 3.48. The maximum Gasteiger partial charge on any atom is 0.345 e. The molecule has 2 atom stereocenters. The first-order valence-corrected chi connectivity index (χ1v) is 9.07. The molecule has 1 aromatic heterocycles. The van der Waals surface area contributed by atoms with Crippen molar-refractivity contribution in [3.05, 3.63) is 59.4 Å². The van der Waals surface area contributed by atoms with E-state index in [0.29, 0.717) is 0 Å². The number of benzene rings is 1. The van der Waals surface area contributed by atoms with Crippen molar-refractivity contribution < 1.29 is 23.1 Å². The highest BCUT2D eigenvalue weighted by Gasteiger charge is 2.48. The number of aromatic amines is 1. The molecule has 1 N–H and O–H groups in total. The largest absolute Gasteiger partial charge is 0.468 e. The Labute approximate surface area is 141 Å². The summed E-state index contributed by atoms with van der Waals surface area (Å²) in [5.41, 5.74) is 1.50. The third-order valence-electron chi connectivity index (χ3n) is 4.00. The highest BCUT2D eigenvalue weighted by Crippen LogP contribution is 2.57. The molecule has 0 saturated heterocycles. The van der Waals surface area contributed by atoms with Gasteiger partial charge in [-0.25, -0.2) is 0 Å². The average molecular weight is 351 g/mol. The van der Waals surface area contributed by atoms with Gasteiger partial charge < -0.3 is 18.8 Å². The predicted molar refractivity (Wildman–Crippen MR) is 91.2 cm³/mol. The van der Waals surface area contributed by atoms with Crippen LogP contribution in [0.1, 0.15) is 22.7 Å². The molecule has 0 aliphatic carbocycles. The molecule has 0 bridgehead atoms. The summed E-state index contributed by atoms with van der Waals surface area (Å²) in [5.74, 6) is -1.21. The molecule has 130 valence electrons. The molecule has 2 aromatic rings. The van der Waals surface area contributed by atoms with Crippen LogP contribution in [0.5, 0.6) is 0 Å². The maximum atomic E-state index is 13.1. The topological polar surface area (TPSA) is 77.6 Å². The standard InChI is InChI=1S/C17H22NO5P/c1-12-7-9-13(10-8-12)15(14-6-5-11-18-14)16(17(19)21-2)24(20,22-3)23-4/h5-11,15-16,18H,1-4H3. The first kappa shape index (κ1) is 18.5. The zero-order chi connectivity index (χ0) is 17.7. The fourth-order valence-corrected chi connectivity index (χ4v) is 4.38. The number of hydrogen-bond acceptors (Lipinski definition) is 5. The number of carbonyl (C=O) groups excluding carboxylic acids is 1. The zero-order valence-electron chi connectivity index (χ0n) is 14.2. The van der Waals surface area contributed by atoms with Crippen molar-refractivity contribution in [3.63, 3.8) is 0 Å². The van der Waals surface area contributed by atoms with Crippen molar-refractivity contribution in [2.75, 3.05) is 21.3 Å². The molecule has 1 heterocycles. The van der Waals surface area contributed by atoms with E-state index < -0.39 is 25.1 Å². The molecule has 1 aromatic carbocycles.